The lowest BCUT2D eigenvalue weighted by Gasteiger charge is -2.31. The highest BCUT2D eigenvalue weighted by Gasteiger charge is 2.37. The summed E-state index contributed by atoms with van der Waals surface area (Å²) in [6, 6.07) is 19.9. The number of benzene rings is 3. The molecule has 216 valence electrons. The highest BCUT2D eigenvalue weighted by Crippen LogP contribution is 2.40. The average Bonchev–Trinajstić information content (AvgIpc) is 3.70. The van der Waals surface area contributed by atoms with Gasteiger partial charge in [0.2, 0.25) is 0 Å². The predicted molar refractivity (Wildman–Crippen MR) is 149 cm³/mol. The van der Waals surface area contributed by atoms with Crippen LogP contribution in [-0.2, 0) is 18.3 Å². The van der Waals surface area contributed by atoms with Crippen molar-refractivity contribution in [1.82, 2.24) is 9.78 Å². The molecular weight excluding hydrogens is 548 g/mol. The largest absolute Gasteiger partial charge is 0.435 e. The number of nitrogens with zero attached hydrogens (tertiary/aromatic N) is 3. The van der Waals surface area contributed by atoms with Crippen LogP contribution in [0, 0.1) is 23.1 Å². The molecule has 1 atom stereocenters. The third-order valence-electron chi connectivity index (χ3n) is 7.53. The molecule has 1 aliphatic rings. The van der Waals surface area contributed by atoms with Gasteiger partial charge in [0, 0.05) is 12.6 Å². The number of aromatic nitrogens is 2. The van der Waals surface area contributed by atoms with E-state index in [2.05, 4.69) is 16.5 Å². The average molecular weight is 577 g/mol. The summed E-state index contributed by atoms with van der Waals surface area (Å²) in [6.07, 6.45) is -1.25. The predicted octanol–water partition coefficient (Wildman–Crippen LogP) is 6.01. The Kier molecular flexibility index (Phi) is 7.86. The van der Waals surface area contributed by atoms with E-state index in [9.17, 15) is 23.2 Å². The fourth-order valence-corrected chi connectivity index (χ4v) is 4.91. The van der Waals surface area contributed by atoms with Crippen molar-refractivity contribution in [2.24, 2.45) is 17.4 Å². The Morgan fingerprint density at radius 3 is 2.40 bits per heavy atom. The van der Waals surface area contributed by atoms with Crippen LogP contribution in [-0.4, -0.2) is 15.7 Å². The Labute approximate surface area is 239 Å². The van der Waals surface area contributed by atoms with Crippen LogP contribution >= 0.6 is 0 Å². The quantitative estimate of drug-likeness (QED) is 0.211. The molecule has 0 radical (unpaired) electrons. The van der Waals surface area contributed by atoms with Gasteiger partial charge in [-0.15, -0.1) is 0 Å². The van der Waals surface area contributed by atoms with E-state index in [-0.39, 0.29) is 17.9 Å². The highest BCUT2D eigenvalue weighted by molar-refractivity contribution is 6.03. The maximum Gasteiger partial charge on any atom is 0.435 e. The molecular formula is C31H28F4N6O. The fraction of sp³-hybridized carbons (Fsp3) is 0.258. The lowest BCUT2D eigenvalue weighted by molar-refractivity contribution is -0.141. The number of carbonyl (C=O) groups excluding carboxylic acids is 1. The molecule has 1 unspecified atom stereocenters. The van der Waals surface area contributed by atoms with Crippen LogP contribution < -0.4 is 16.8 Å². The Balaban J connectivity index is 1.52. The molecule has 11 heteroatoms. The van der Waals surface area contributed by atoms with Crippen LogP contribution in [0.1, 0.15) is 64.1 Å². The number of nitrogens with two attached hydrogens (primary N) is 2. The molecule has 1 fully saturated rings. The number of anilines is 1. The standard InChI is InChI=1S/C31H28F4N6O/c32-25-11-10-23(30(38,13-12-19-4-5-19)22-8-6-20(17-36)7-9-22)15-26(25)39-29(42)27-16-28(31(33,34)35)40-41(27)24-3-1-2-21(14-24)18-37/h1-3,6-11,14-16,19H,4-5,12-13,18,37-38H2,(H,39,42). The van der Waals surface area contributed by atoms with E-state index in [1.165, 1.54) is 24.3 Å². The molecule has 42 heavy (non-hydrogen) atoms. The number of hydrogen-bond acceptors (Lipinski definition) is 5. The topological polar surface area (TPSA) is 123 Å². The molecule has 5 N–H and O–H groups in total. The third kappa shape index (κ3) is 6.05. The van der Waals surface area contributed by atoms with Crippen LogP contribution in [0.15, 0.2) is 72.8 Å². The summed E-state index contributed by atoms with van der Waals surface area (Å²) in [4.78, 5) is 13.4. The minimum atomic E-state index is -4.82. The van der Waals surface area contributed by atoms with Gasteiger partial charge in [-0.05, 0) is 71.8 Å². The van der Waals surface area contributed by atoms with E-state index in [1.54, 1.807) is 36.4 Å². The monoisotopic (exact) mass is 576 g/mol. The summed E-state index contributed by atoms with van der Waals surface area (Å²) in [5, 5.41) is 15.3. The zero-order valence-corrected chi connectivity index (χ0v) is 22.5. The first-order valence-electron chi connectivity index (χ1n) is 13.4. The van der Waals surface area contributed by atoms with Gasteiger partial charge in [0.1, 0.15) is 11.5 Å². The number of alkyl halides is 3. The van der Waals surface area contributed by atoms with Crippen LogP contribution in [0.25, 0.3) is 5.69 Å². The van der Waals surface area contributed by atoms with Crippen molar-refractivity contribution < 1.29 is 22.4 Å². The van der Waals surface area contributed by atoms with E-state index >= 15 is 4.39 Å². The highest BCUT2D eigenvalue weighted by atomic mass is 19.4. The number of hydrogen-bond donors (Lipinski definition) is 3. The van der Waals surface area contributed by atoms with Gasteiger partial charge in [-0.25, -0.2) is 9.07 Å². The molecule has 0 saturated heterocycles. The third-order valence-corrected chi connectivity index (χ3v) is 7.53. The molecule has 4 aromatic rings. The van der Waals surface area contributed by atoms with E-state index in [1.807, 2.05) is 0 Å². The number of nitriles is 1. The summed E-state index contributed by atoms with van der Waals surface area (Å²) in [6.45, 7) is 0.127. The van der Waals surface area contributed by atoms with Crippen molar-refractivity contribution in [1.29, 1.82) is 5.26 Å². The molecule has 0 spiro atoms. The SMILES string of the molecule is N#Cc1ccc(C(N)(CCC2CC2)c2ccc(F)c(NC(=O)c3cc(C(F)(F)F)nn3-c3cccc(CN)c3)c2)cc1. The van der Waals surface area contributed by atoms with E-state index in [0.29, 0.717) is 40.7 Å². The molecule has 1 aromatic heterocycles. The van der Waals surface area contributed by atoms with Gasteiger partial charge in [-0.1, -0.05) is 43.2 Å². The van der Waals surface area contributed by atoms with Crippen LogP contribution in [0.4, 0.5) is 23.2 Å². The summed E-state index contributed by atoms with van der Waals surface area (Å²) >= 11 is 0. The first kappa shape index (κ1) is 29.0. The van der Waals surface area contributed by atoms with Crippen molar-refractivity contribution in [2.45, 2.75) is 43.9 Å². The summed E-state index contributed by atoms with van der Waals surface area (Å²) in [5.74, 6) is -1.23. The van der Waals surface area contributed by atoms with E-state index < -0.39 is 34.8 Å². The molecule has 0 aliphatic heterocycles. The zero-order chi connectivity index (χ0) is 30.1. The fourth-order valence-electron chi connectivity index (χ4n) is 4.91. The Bertz CT molecular complexity index is 1650. The number of halogens is 4. The van der Waals surface area contributed by atoms with Gasteiger partial charge in [0.15, 0.2) is 5.69 Å². The van der Waals surface area contributed by atoms with Crippen LogP contribution in [0.2, 0.25) is 0 Å². The maximum absolute atomic E-state index is 15.1. The molecule has 7 nitrogen and oxygen atoms in total. The van der Waals surface area contributed by atoms with Gasteiger partial charge in [-0.3, -0.25) is 4.79 Å². The van der Waals surface area contributed by atoms with Gasteiger partial charge in [0.05, 0.1) is 28.5 Å². The second kappa shape index (κ2) is 11.4. The Morgan fingerprint density at radius 2 is 1.76 bits per heavy atom. The Morgan fingerprint density at radius 1 is 1.05 bits per heavy atom. The lowest BCUT2D eigenvalue weighted by Crippen LogP contribution is -2.38. The van der Waals surface area contributed by atoms with Crippen molar-refractivity contribution in [3.05, 3.63) is 112 Å². The van der Waals surface area contributed by atoms with Gasteiger partial charge >= 0.3 is 6.18 Å². The summed E-state index contributed by atoms with van der Waals surface area (Å²) in [7, 11) is 0. The molecule has 3 aromatic carbocycles. The summed E-state index contributed by atoms with van der Waals surface area (Å²) < 4.78 is 56.7. The zero-order valence-electron chi connectivity index (χ0n) is 22.5. The van der Waals surface area contributed by atoms with E-state index in [4.69, 9.17) is 11.5 Å². The normalized spacial score (nSPS) is 14.7. The van der Waals surface area contributed by atoms with Crippen molar-refractivity contribution in [3.63, 3.8) is 0 Å². The molecule has 1 amide bonds. The second-order valence-electron chi connectivity index (χ2n) is 10.5. The van der Waals surface area contributed by atoms with Gasteiger partial charge in [-0.2, -0.15) is 23.5 Å². The van der Waals surface area contributed by atoms with Crippen LogP contribution in [0.5, 0.6) is 0 Å². The summed E-state index contributed by atoms with van der Waals surface area (Å²) in [5.41, 5.74) is 12.1. The van der Waals surface area contributed by atoms with Gasteiger partial charge in [0.25, 0.3) is 5.91 Å². The van der Waals surface area contributed by atoms with Crippen molar-refractivity contribution >= 4 is 11.6 Å². The van der Waals surface area contributed by atoms with Crippen molar-refractivity contribution in [2.75, 3.05) is 5.32 Å². The number of rotatable bonds is 9. The first-order chi connectivity index (χ1) is 20.0. The number of carbonyl (C=O) groups is 1. The Hall–Kier alpha value is -4.53. The first-order valence-corrected chi connectivity index (χ1v) is 13.4. The molecule has 5 rings (SSSR count). The van der Waals surface area contributed by atoms with Crippen LogP contribution in [0.3, 0.4) is 0 Å². The number of amides is 1. The van der Waals surface area contributed by atoms with E-state index in [0.717, 1.165) is 30.0 Å². The maximum atomic E-state index is 15.1. The minimum absolute atomic E-state index is 0.127. The molecule has 1 aliphatic carbocycles. The van der Waals surface area contributed by atoms with Gasteiger partial charge < -0.3 is 16.8 Å². The number of nitrogens with one attached hydrogen (secondary N) is 1. The smallest absolute Gasteiger partial charge is 0.326 e. The molecule has 1 heterocycles. The second-order valence-corrected chi connectivity index (χ2v) is 10.5. The lowest BCUT2D eigenvalue weighted by atomic mass is 9.79. The van der Waals surface area contributed by atoms with Crippen molar-refractivity contribution in [3.8, 4) is 11.8 Å². The minimum Gasteiger partial charge on any atom is -0.326 e. The molecule has 0 bridgehead atoms. The molecule has 1 saturated carbocycles.